The summed E-state index contributed by atoms with van der Waals surface area (Å²) < 4.78 is 0. The van der Waals surface area contributed by atoms with Crippen molar-refractivity contribution in [2.75, 3.05) is 38.0 Å². The molecule has 2 heterocycles. The Morgan fingerprint density at radius 3 is 2.30 bits per heavy atom. The summed E-state index contributed by atoms with van der Waals surface area (Å²) in [6, 6.07) is 7.74. The number of carbonyl (C=O) groups is 2. The van der Waals surface area contributed by atoms with E-state index in [-0.39, 0.29) is 17.4 Å². The molecule has 0 atom stereocenters. The summed E-state index contributed by atoms with van der Waals surface area (Å²) >= 11 is 1.67. The molecule has 0 saturated carbocycles. The fraction of sp³-hybridized carbons (Fsp3) is 0.500. The molecule has 1 fully saturated rings. The number of nitrogens with zero attached hydrogens (tertiary/aromatic N) is 3. The maximum Gasteiger partial charge on any atom is 0.234 e. The fourth-order valence-corrected chi connectivity index (χ4v) is 4.25. The molecule has 2 N–H and O–H groups in total. The summed E-state index contributed by atoms with van der Waals surface area (Å²) in [7, 11) is 0. The predicted octanol–water partition coefficient (Wildman–Crippen LogP) is 2.80. The number of amides is 2. The zero-order valence-corrected chi connectivity index (χ0v) is 19.0. The Hall–Kier alpha value is -2.29. The number of piperazine rings is 1. The lowest BCUT2D eigenvalue weighted by molar-refractivity contribution is -0.124. The van der Waals surface area contributed by atoms with E-state index in [1.54, 1.807) is 11.3 Å². The highest BCUT2D eigenvalue weighted by Crippen LogP contribution is 2.24. The molecule has 0 bridgehead atoms. The first-order chi connectivity index (χ1) is 14.2. The molecule has 1 aliphatic heterocycles. The van der Waals surface area contributed by atoms with Gasteiger partial charge in [-0.2, -0.15) is 0 Å². The van der Waals surface area contributed by atoms with Crippen molar-refractivity contribution >= 4 is 28.8 Å². The molecular formula is C22H31N5O2S. The molecule has 2 aromatic rings. The minimum absolute atomic E-state index is 0.0753. The standard InChI is InChI=1S/C22H31N5O2S/c1-16(28)23-18-7-5-17(6-8-18)19-15-30-21(24-19)14-27-11-9-26(10-12-27)13-20(29)25-22(2,3)4/h5-8,15H,9-14H2,1-4H3,(H,23,28)(H,25,29). The predicted molar refractivity (Wildman–Crippen MR) is 121 cm³/mol. The molecular weight excluding hydrogens is 398 g/mol. The summed E-state index contributed by atoms with van der Waals surface area (Å²) in [6.45, 7) is 12.4. The van der Waals surface area contributed by atoms with Gasteiger partial charge >= 0.3 is 0 Å². The Labute approximate surface area is 182 Å². The Bertz CT molecular complexity index is 864. The van der Waals surface area contributed by atoms with E-state index in [2.05, 4.69) is 25.8 Å². The second-order valence-corrected chi connectivity index (χ2v) is 9.68. The Balaban J connectivity index is 1.48. The summed E-state index contributed by atoms with van der Waals surface area (Å²) in [5.41, 5.74) is 2.60. The van der Waals surface area contributed by atoms with Gasteiger partial charge in [0.05, 0.1) is 18.8 Å². The number of anilines is 1. The number of rotatable bonds is 6. The molecule has 2 amide bonds. The summed E-state index contributed by atoms with van der Waals surface area (Å²) in [4.78, 5) is 32.6. The summed E-state index contributed by atoms with van der Waals surface area (Å²) in [5.74, 6) is 0.0126. The molecule has 1 aromatic carbocycles. The van der Waals surface area contributed by atoms with Gasteiger partial charge in [0.25, 0.3) is 0 Å². The molecule has 3 rings (SSSR count). The Morgan fingerprint density at radius 1 is 1.07 bits per heavy atom. The monoisotopic (exact) mass is 429 g/mol. The molecule has 30 heavy (non-hydrogen) atoms. The van der Waals surface area contributed by atoms with Crippen LogP contribution in [0.2, 0.25) is 0 Å². The van der Waals surface area contributed by atoms with Gasteiger partial charge in [-0.3, -0.25) is 19.4 Å². The van der Waals surface area contributed by atoms with Crippen LogP contribution in [0, 0.1) is 0 Å². The molecule has 8 heteroatoms. The number of nitrogens with one attached hydrogen (secondary N) is 2. The van der Waals surface area contributed by atoms with E-state index in [1.165, 1.54) is 6.92 Å². The van der Waals surface area contributed by atoms with Crippen molar-refractivity contribution in [2.45, 2.75) is 39.8 Å². The number of aromatic nitrogens is 1. The maximum absolute atomic E-state index is 12.1. The second-order valence-electron chi connectivity index (χ2n) is 8.74. The molecule has 0 radical (unpaired) electrons. The largest absolute Gasteiger partial charge is 0.350 e. The van der Waals surface area contributed by atoms with Crippen molar-refractivity contribution in [3.05, 3.63) is 34.7 Å². The van der Waals surface area contributed by atoms with Crippen LogP contribution in [0.1, 0.15) is 32.7 Å². The SMILES string of the molecule is CC(=O)Nc1ccc(-c2csc(CN3CCN(CC(=O)NC(C)(C)C)CC3)n2)cc1. The number of thiazole rings is 1. The molecule has 162 valence electrons. The molecule has 1 aliphatic rings. The third-order valence-electron chi connectivity index (χ3n) is 4.76. The molecule has 1 aromatic heterocycles. The Kier molecular flexibility index (Phi) is 7.23. The van der Waals surface area contributed by atoms with Gasteiger partial charge in [-0.1, -0.05) is 12.1 Å². The van der Waals surface area contributed by atoms with Gasteiger partial charge in [-0.25, -0.2) is 4.98 Å². The average molecular weight is 430 g/mol. The molecule has 1 saturated heterocycles. The molecule has 0 unspecified atom stereocenters. The summed E-state index contributed by atoms with van der Waals surface area (Å²) in [6.07, 6.45) is 0. The first kappa shape index (κ1) is 22.4. The number of hydrogen-bond donors (Lipinski definition) is 2. The van der Waals surface area contributed by atoms with Gasteiger partial charge in [0.2, 0.25) is 11.8 Å². The van der Waals surface area contributed by atoms with Gasteiger partial charge in [0, 0.05) is 55.3 Å². The van der Waals surface area contributed by atoms with Crippen LogP contribution in [0.5, 0.6) is 0 Å². The minimum Gasteiger partial charge on any atom is -0.350 e. The van der Waals surface area contributed by atoms with Crippen LogP contribution in [0.4, 0.5) is 5.69 Å². The lowest BCUT2D eigenvalue weighted by Gasteiger charge is -2.34. The number of carbonyl (C=O) groups excluding carboxylic acids is 2. The zero-order valence-electron chi connectivity index (χ0n) is 18.2. The first-order valence-electron chi connectivity index (χ1n) is 10.3. The van der Waals surface area contributed by atoms with Crippen LogP contribution in [-0.4, -0.2) is 64.9 Å². The van der Waals surface area contributed by atoms with Gasteiger partial charge in [-0.15, -0.1) is 11.3 Å². The topological polar surface area (TPSA) is 77.6 Å². The highest BCUT2D eigenvalue weighted by molar-refractivity contribution is 7.09. The lowest BCUT2D eigenvalue weighted by atomic mass is 10.1. The quantitative estimate of drug-likeness (QED) is 0.738. The number of hydrogen-bond acceptors (Lipinski definition) is 6. The third kappa shape index (κ3) is 6.90. The van der Waals surface area contributed by atoms with E-state index >= 15 is 0 Å². The van der Waals surface area contributed by atoms with Crippen molar-refractivity contribution in [3.8, 4) is 11.3 Å². The van der Waals surface area contributed by atoms with Crippen LogP contribution >= 0.6 is 11.3 Å². The first-order valence-corrected chi connectivity index (χ1v) is 11.1. The normalized spacial score (nSPS) is 15.7. The molecule has 0 aliphatic carbocycles. The van der Waals surface area contributed by atoms with E-state index in [0.29, 0.717) is 6.54 Å². The van der Waals surface area contributed by atoms with Crippen LogP contribution in [0.15, 0.2) is 29.6 Å². The minimum atomic E-state index is -0.189. The highest BCUT2D eigenvalue weighted by atomic mass is 32.1. The van der Waals surface area contributed by atoms with Crippen molar-refractivity contribution in [3.63, 3.8) is 0 Å². The van der Waals surface area contributed by atoms with Crippen molar-refractivity contribution in [2.24, 2.45) is 0 Å². The number of benzene rings is 1. The zero-order chi connectivity index (χ0) is 21.7. The highest BCUT2D eigenvalue weighted by Gasteiger charge is 2.21. The van der Waals surface area contributed by atoms with Crippen molar-refractivity contribution < 1.29 is 9.59 Å². The van der Waals surface area contributed by atoms with E-state index in [9.17, 15) is 9.59 Å². The second kappa shape index (κ2) is 9.68. The molecule has 7 nitrogen and oxygen atoms in total. The van der Waals surface area contributed by atoms with Crippen LogP contribution in [0.3, 0.4) is 0 Å². The van der Waals surface area contributed by atoms with Gasteiger partial charge in [-0.05, 0) is 32.9 Å². The van der Waals surface area contributed by atoms with Gasteiger partial charge < -0.3 is 10.6 Å². The van der Waals surface area contributed by atoms with Gasteiger partial charge in [0.15, 0.2) is 0 Å². The van der Waals surface area contributed by atoms with E-state index in [0.717, 1.165) is 54.7 Å². The third-order valence-corrected chi connectivity index (χ3v) is 5.59. The Morgan fingerprint density at radius 2 is 1.70 bits per heavy atom. The van der Waals surface area contributed by atoms with Gasteiger partial charge in [0.1, 0.15) is 5.01 Å². The summed E-state index contributed by atoms with van der Waals surface area (Å²) in [5, 5.41) is 8.97. The van der Waals surface area contributed by atoms with E-state index in [4.69, 9.17) is 4.98 Å². The van der Waals surface area contributed by atoms with E-state index in [1.807, 2.05) is 45.0 Å². The smallest absolute Gasteiger partial charge is 0.234 e. The van der Waals surface area contributed by atoms with Crippen molar-refractivity contribution in [1.29, 1.82) is 0 Å². The van der Waals surface area contributed by atoms with E-state index < -0.39 is 0 Å². The van der Waals surface area contributed by atoms with Crippen LogP contribution in [-0.2, 0) is 16.1 Å². The maximum atomic E-state index is 12.1. The molecule has 0 spiro atoms. The lowest BCUT2D eigenvalue weighted by Crippen LogP contribution is -2.51. The van der Waals surface area contributed by atoms with Crippen LogP contribution in [0.25, 0.3) is 11.3 Å². The van der Waals surface area contributed by atoms with Crippen LogP contribution < -0.4 is 10.6 Å². The average Bonchev–Trinajstić information content (AvgIpc) is 3.10. The van der Waals surface area contributed by atoms with Crippen molar-refractivity contribution in [1.82, 2.24) is 20.1 Å². The fourth-order valence-electron chi connectivity index (χ4n) is 3.40.